The monoisotopic (exact) mass is 142 g/mol. The molecule has 0 amide bonds. The number of allylic oxidation sites excluding steroid dienone is 4. The topological polar surface area (TPSA) is 20.2 Å². The Kier molecular flexibility index (Phi) is 1.63. The Labute approximate surface area is 59.0 Å². The lowest BCUT2D eigenvalue weighted by molar-refractivity contribution is 0.424. The van der Waals surface area contributed by atoms with Gasteiger partial charge in [-0.1, -0.05) is 24.3 Å². The second-order valence-electron chi connectivity index (χ2n) is 1.93. The van der Waals surface area contributed by atoms with Crippen molar-refractivity contribution in [3.63, 3.8) is 0 Å². The van der Waals surface area contributed by atoms with E-state index in [1.165, 1.54) is 0 Å². The molecule has 0 atom stereocenters. The summed E-state index contributed by atoms with van der Waals surface area (Å²) in [4.78, 5) is 0. The predicted octanol–water partition coefficient (Wildman–Crippen LogP) is 2.51. The number of aliphatic hydroxyl groups excluding tert-OH is 1. The van der Waals surface area contributed by atoms with E-state index in [-0.39, 0.29) is 5.76 Å². The van der Waals surface area contributed by atoms with Gasteiger partial charge < -0.3 is 5.11 Å². The Morgan fingerprint density at radius 2 is 2.33 bits per heavy atom. The number of halogens is 1. The average Bonchev–Trinajstić information content (AvgIpc) is 2.14. The zero-order chi connectivity index (χ0) is 6.85. The highest BCUT2D eigenvalue weighted by molar-refractivity contribution is 6.30. The summed E-state index contributed by atoms with van der Waals surface area (Å²) in [6, 6.07) is 0. The first kappa shape index (κ1) is 6.43. The van der Waals surface area contributed by atoms with Crippen LogP contribution in [-0.4, -0.2) is 5.11 Å². The first-order valence-corrected chi connectivity index (χ1v) is 3.01. The van der Waals surface area contributed by atoms with Gasteiger partial charge in [0.15, 0.2) is 0 Å². The summed E-state index contributed by atoms with van der Waals surface area (Å²) in [6.07, 6.45) is 4.15. The first-order chi connectivity index (χ1) is 4.20. The molecular formula is C7H7ClO. The summed E-state index contributed by atoms with van der Waals surface area (Å²) < 4.78 is 0. The lowest BCUT2D eigenvalue weighted by Crippen LogP contribution is -1.81. The fourth-order valence-corrected chi connectivity index (χ4v) is 0.896. The summed E-state index contributed by atoms with van der Waals surface area (Å²) in [5.41, 5.74) is 0.806. The minimum absolute atomic E-state index is 0.113. The van der Waals surface area contributed by atoms with Crippen LogP contribution >= 0.6 is 11.6 Å². The second kappa shape index (κ2) is 2.28. The molecule has 0 heterocycles. The van der Waals surface area contributed by atoms with Crippen LogP contribution in [0.5, 0.6) is 0 Å². The SMILES string of the molecule is C=C(O)C1=CC=C(Cl)C1. The maximum absolute atomic E-state index is 8.82. The van der Waals surface area contributed by atoms with E-state index in [1.54, 1.807) is 12.2 Å². The molecule has 0 fully saturated rings. The van der Waals surface area contributed by atoms with Gasteiger partial charge in [0.2, 0.25) is 0 Å². The van der Waals surface area contributed by atoms with Gasteiger partial charge in [0.25, 0.3) is 0 Å². The molecule has 0 unspecified atom stereocenters. The Morgan fingerprint density at radius 1 is 1.67 bits per heavy atom. The smallest absolute Gasteiger partial charge is 0.111 e. The van der Waals surface area contributed by atoms with Crippen molar-refractivity contribution in [3.8, 4) is 0 Å². The van der Waals surface area contributed by atoms with Crippen LogP contribution in [0.3, 0.4) is 0 Å². The van der Waals surface area contributed by atoms with Crippen molar-refractivity contribution in [2.24, 2.45) is 0 Å². The Morgan fingerprint density at radius 3 is 2.56 bits per heavy atom. The summed E-state index contributed by atoms with van der Waals surface area (Å²) in [7, 11) is 0. The van der Waals surface area contributed by atoms with Crippen LogP contribution in [0, 0.1) is 0 Å². The van der Waals surface area contributed by atoms with E-state index in [2.05, 4.69) is 6.58 Å². The van der Waals surface area contributed by atoms with Crippen LogP contribution in [0.25, 0.3) is 0 Å². The molecular weight excluding hydrogens is 136 g/mol. The maximum Gasteiger partial charge on any atom is 0.111 e. The largest absolute Gasteiger partial charge is 0.508 e. The molecule has 1 nitrogen and oxygen atoms in total. The van der Waals surface area contributed by atoms with Crippen molar-refractivity contribution < 1.29 is 5.11 Å². The van der Waals surface area contributed by atoms with Gasteiger partial charge in [-0.05, 0) is 11.6 Å². The quantitative estimate of drug-likeness (QED) is 0.558. The van der Waals surface area contributed by atoms with Crippen LogP contribution in [-0.2, 0) is 0 Å². The minimum Gasteiger partial charge on any atom is -0.508 e. The molecule has 0 bridgehead atoms. The van der Waals surface area contributed by atoms with E-state index in [9.17, 15) is 0 Å². The molecule has 0 radical (unpaired) electrons. The van der Waals surface area contributed by atoms with E-state index in [1.807, 2.05) is 0 Å². The van der Waals surface area contributed by atoms with Crippen molar-refractivity contribution in [3.05, 3.63) is 35.1 Å². The summed E-state index contributed by atoms with van der Waals surface area (Å²) >= 11 is 5.61. The fourth-order valence-electron chi connectivity index (χ4n) is 0.689. The van der Waals surface area contributed by atoms with Crippen LogP contribution in [0.1, 0.15) is 6.42 Å². The zero-order valence-corrected chi connectivity index (χ0v) is 5.65. The Hall–Kier alpha value is -0.690. The first-order valence-electron chi connectivity index (χ1n) is 2.63. The van der Waals surface area contributed by atoms with Gasteiger partial charge in [0.1, 0.15) is 5.76 Å². The third kappa shape index (κ3) is 1.36. The van der Waals surface area contributed by atoms with Gasteiger partial charge in [0.05, 0.1) is 0 Å². The molecule has 1 aliphatic rings. The lowest BCUT2D eigenvalue weighted by Gasteiger charge is -1.95. The van der Waals surface area contributed by atoms with Crippen molar-refractivity contribution in [2.75, 3.05) is 0 Å². The van der Waals surface area contributed by atoms with E-state index in [0.29, 0.717) is 6.42 Å². The molecule has 0 saturated heterocycles. The van der Waals surface area contributed by atoms with Crippen LogP contribution in [0.2, 0.25) is 0 Å². The Bertz CT molecular complexity index is 201. The summed E-state index contributed by atoms with van der Waals surface area (Å²) in [6.45, 7) is 3.37. The number of hydrogen-bond acceptors (Lipinski definition) is 1. The Balaban J connectivity index is 2.64. The van der Waals surface area contributed by atoms with Crippen LogP contribution in [0.15, 0.2) is 35.1 Å². The van der Waals surface area contributed by atoms with Gasteiger partial charge >= 0.3 is 0 Å². The molecule has 0 aliphatic heterocycles. The third-order valence-corrected chi connectivity index (χ3v) is 1.45. The molecule has 1 rings (SSSR count). The van der Waals surface area contributed by atoms with Gasteiger partial charge in [-0.3, -0.25) is 0 Å². The molecule has 2 heteroatoms. The van der Waals surface area contributed by atoms with Crippen LogP contribution < -0.4 is 0 Å². The molecule has 9 heavy (non-hydrogen) atoms. The minimum atomic E-state index is 0.113. The van der Waals surface area contributed by atoms with E-state index in [4.69, 9.17) is 16.7 Å². The molecule has 1 N–H and O–H groups in total. The highest BCUT2D eigenvalue weighted by Gasteiger charge is 2.07. The maximum atomic E-state index is 8.82. The predicted molar refractivity (Wildman–Crippen MR) is 38.4 cm³/mol. The van der Waals surface area contributed by atoms with Crippen molar-refractivity contribution in [2.45, 2.75) is 6.42 Å². The lowest BCUT2D eigenvalue weighted by atomic mass is 10.2. The molecule has 0 spiro atoms. The number of aliphatic hydroxyl groups is 1. The van der Waals surface area contributed by atoms with E-state index < -0.39 is 0 Å². The third-order valence-electron chi connectivity index (χ3n) is 1.20. The molecule has 0 saturated carbocycles. The normalized spacial score (nSPS) is 17.0. The van der Waals surface area contributed by atoms with Gasteiger partial charge in [-0.2, -0.15) is 0 Å². The van der Waals surface area contributed by atoms with Crippen molar-refractivity contribution in [1.29, 1.82) is 0 Å². The van der Waals surface area contributed by atoms with E-state index >= 15 is 0 Å². The van der Waals surface area contributed by atoms with Crippen molar-refractivity contribution >= 4 is 11.6 Å². The fraction of sp³-hybridized carbons (Fsp3) is 0.143. The van der Waals surface area contributed by atoms with Gasteiger partial charge in [-0.25, -0.2) is 0 Å². The summed E-state index contributed by atoms with van der Waals surface area (Å²) in [5.74, 6) is 0.113. The number of rotatable bonds is 1. The van der Waals surface area contributed by atoms with Gasteiger partial charge in [0, 0.05) is 11.5 Å². The molecule has 0 aromatic rings. The zero-order valence-electron chi connectivity index (χ0n) is 4.89. The molecule has 1 aliphatic carbocycles. The molecule has 0 aromatic carbocycles. The highest BCUT2D eigenvalue weighted by Crippen LogP contribution is 2.24. The highest BCUT2D eigenvalue weighted by atomic mass is 35.5. The second-order valence-corrected chi connectivity index (χ2v) is 2.41. The van der Waals surface area contributed by atoms with Crippen molar-refractivity contribution in [1.82, 2.24) is 0 Å². The van der Waals surface area contributed by atoms with E-state index in [0.717, 1.165) is 10.6 Å². The standard InChI is InChI=1S/C7H7ClO/c1-5(9)6-2-3-7(8)4-6/h2-3,9H,1,4H2. The molecule has 48 valence electrons. The average molecular weight is 143 g/mol. The number of hydrogen-bond donors (Lipinski definition) is 1. The van der Waals surface area contributed by atoms with Crippen LogP contribution in [0.4, 0.5) is 0 Å². The summed E-state index contributed by atoms with van der Waals surface area (Å²) in [5, 5.41) is 9.57. The molecule has 0 aromatic heterocycles. The van der Waals surface area contributed by atoms with Gasteiger partial charge in [-0.15, -0.1) is 0 Å².